The molecule has 2 aliphatic carbocycles. The zero-order valence-corrected chi connectivity index (χ0v) is 16.2. The molecule has 0 saturated carbocycles. The Balaban J connectivity index is 1.79. The highest BCUT2D eigenvalue weighted by molar-refractivity contribution is 5.79. The maximum absolute atomic E-state index is 3.53. The average molecular weight is 345 g/mol. The van der Waals surface area contributed by atoms with Gasteiger partial charge < -0.3 is 10.3 Å². The summed E-state index contributed by atoms with van der Waals surface area (Å²) in [4.78, 5) is 3.42. The Bertz CT molecular complexity index is 908. The molecule has 0 spiro atoms. The summed E-state index contributed by atoms with van der Waals surface area (Å²) in [5.41, 5.74) is 9.55. The molecule has 2 heterocycles. The van der Waals surface area contributed by atoms with Gasteiger partial charge in [-0.1, -0.05) is 63.6 Å². The van der Waals surface area contributed by atoms with Crippen LogP contribution in [0.15, 0.2) is 77.2 Å². The molecule has 0 atom stereocenters. The first-order chi connectivity index (χ1) is 12.5. The summed E-state index contributed by atoms with van der Waals surface area (Å²) in [6.07, 6.45) is 19.8. The summed E-state index contributed by atoms with van der Waals surface area (Å²) in [5.74, 6) is 0.568. The fourth-order valence-corrected chi connectivity index (χ4v) is 4.38. The van der Waals surface area contributed by atoms with Gasteiger partial charge in [-0.2, -0.15) is 0 Å². The quantitative estimate of drug-likeness (QED) is 0.650. The van der Waals surface area contributed by atoms with Gasteiger partial charge in [0.25, 0.3) is 0 Å². The van der Waals surface area contributed by atoms with Gasteiger partial charge in [-0.3, -0.25) is 0 Å². The predicted molar refractivity (Wildman–Crippen MR) is 110 cm³/mol. The van der Waals surface area contributed by atoms with Crippen LogP contribution in [0.3, 0.4) is 0 Å². The monoisotopic (exact) mass is 344 g/mol. The maximum Gasteiger partial charge on any atom is 0.0664 e. The minimum Gasteiger partial charge on any atom is -0.360 e. The predicted octanol–water partition coefficient (Wildman–Crippen LogP) is 5.92. The lowest BCUT2D eigenvalue weighted by Crippen LogP contribution is -2.16. The fourth-order valence-electron chi connectivity index (χ4n) is 4.38. The molecule has 134 valence electrons. The highest BCUT2D eigenvalue weighted by Crippen LogP contribution is 2.45. The van der Waals surface area contributed by atoms with Crippen LogP contribution in [-0.2, 0) is 5.41 Å². The summed E-state index contributed by atoms with van der Waals surface area (Å²) in [5, 5.41) is 3.53. The molecular weight excluding hydrogens is 316 g/mol. The van der Waals surface area contributed by atoms with E-state index in [0.717, 1.165) is 12.8 Å². The molecule has 2 bridgehead atoms. The van der Waals surface area contributed by atoms with Gasteiger partial charge in [-0.25, -0.2) is 0 Å². The van der Waals surface area contributed by atoms with Crippen LogP contribution >= 0.6 is 0 Å². The number of allylic oxidation sites excluding steroid dienone is 10. The molecule has 26 heavy (non-hydrogen) atoms. The van der Waals surface area contributed by atoms with Gasteiger partial charge in [-0.05, 0) is 53.2 Å². The molecule has 0 saturated heterocycles. The minimum atomic E-state index is 0.00878. The fraction of sp³-hybridized carbons (Fsp3) is 0.333. The number of rotatable bonds is 1. The molecule has 0 amide bonds. The van der Waals surface area contributed by atoms with E-state index in [2.05, 4.69) is 86.7 Å². The van der Waals surface area contributed by atoms with Crippen LogP contribution in [0.5, 0.6) is 0 Å². The number of aromatic nitrogens is 1. The molecule has 0 aromatic carbocycles. The Kier molecular flexibility index (Phi) is 4.14. The van der Waals surface area contributed by atoms with E-state index in [9.17, 15) is 0 Å². The zero-order chi connectivity index (χ0) is 18.3. The average Bonchev–Trinajstić information content (AvgIpc) is 3.14. The van der Waals surface area contributed by atoms with Crippen LogP contribution in [0.4, 0.5) is 0 Å². The van der Waals surface area contributed by atoms with Crippen molar-refractivity contribution in [3.8, 4) is 0 Å². The summed E-state index contributed by atoms with van der Waals surface area (Å²) in [6, 6.07) is 2.21. The molecule has 2 nitrogen and oxygen atoms in total. The van der Waals surface area contributed by atoms with Crippen LogP contribution in [0.1, 0.15) is 51.8 Å². The van der Waals surface area contributed by atoms with Gasteiger partial charge in [-0.15, -0.1) is 0 Å². The number of hydrogen-bond donors (Lipinski definition) is 2. The van der Waals surface area contributed by atoms with Crippen molar-refractivity contribution in [3.05, 3.63) is 88.5 Å². The number of aromatic amines is 1. The summed E-state index contributed by atoms with van der Waals surface area (Å²) < 4.78 is 0. The molecule has 3 aliphatic rings. The van der Waals surface area contributed by atoms with E-state index in [4.69, 9.17) is 0 Å². The second-order valence-electron chi connectivity index (χ2n) is 8.26. The van der Waals surface area contributed by atoms with Crippen molar-refractivity contribution in [1.29, 1.82) is 0 Å². The lowest BCUT2D eigenvalue weighted by atomic mass is 9.81. The third-order valence-corrected chi connectivity index (χ3v) is 5.82. The molecule has 4 rings (SSSR count). The normalized spacial score (nSPS) is 25.7. The van der Waals surface area contributed by atoms with E-state index in [1.165, 1.54) is 33.7 Å². The van der Waals surface area contributed by atoms with Crippen LogP contribution < -0.4 is 5.32 Å². The standard InChI is InChI=1S/C24H28N2/c1-16(2)19-11-10-17-7-6-13-25-22-20(9-5-8-18(19)15-17)24(3,4)21-12-14-26-23(21)22/h5-7,9-14,16,25-26H,8,15H2,1-4H3/b9-5-,13-6-,17-7-. The maximum atomic E-state index is 3.53. The summed E-state index contributed by atoms with van der Waals surface area (Å²) in [6.45, 7) is 9.20. The van der Waals surface area contributed by atoms with Crippen LogP contribution in [0, 0.1) is 5.92 Å². The summed E-state index contributed by atoms with van der Waals surface area (Å²) >= 11 is 0. The smallest absolute Gasteiger partial charge is 0.0664 e. The van der Waals surface area contributed by atoms with Crippen molar-refractivity contribution in [2.75, 3.05) is 0 Å². The van der Waals surface area contributed by atoms with Gasteiger partial charge in [0.1, 0.15) is 0 Å². The lowest BCUT2D eigenvalue weighted by Gasteiger charge is -2.22. The molecule has 2 N–H and O–H groups in total. The first-order valence-corrected chi connectivity index (χ1v) is 9.60. The van der Waals surface area contributed by atoms with E-state index in [1.807, 2.05) is 6.20 Å². The first kappa shape index (κ1) is 17.0. The van der Waals surface area contributed by atoms with Gasteiger partial charge in [0, 0.05) is 17.8 Å². The molecular formula is C24H28N2. The van der Waals surface area contributed by atoms with Crippen molar-refractivity contribution >= 4 is 5.70 Å². The highest BCUT2D eigenvalue weighted by Gasteiger charge is 2.37. The van der Waals surface area contributed by atoms with Crippen molar-refractivity contribution in [1.82, 2.24) is 10.3 Å². The molecule has 0 fully saturated rings. The topological polar surface area (TPSA) is 27.8 Å². The third kappa shape index (κ3) is 2.74. The number of fused-ring (bicyclic) bond motifs is 4. The number of H-pyrrole nitrogens is 1. The van der Waals surface area contributed by atoms with Crippen LogP contribution in [-0.4, -0.2) is 4.98 Å². The van der Waals surface area contributed by atoms with E-state index in [-0.39, 0.29) is 5.41 Å². The third-order valence-electron chi connectivity index (χ3n) is 5.82. The largest absolute Gasteiger partial charge is 0.360 e. The second-order valence-corrected chi connectivity index (χ2v) is 8.26. The molecule has 0 radical (unpaired) electrons. The Labute approximate surface area is 156 Å². The number of nitrogens with one attached hydrogen (secondary N) is 2. The lowest BCUT2D eigenvalue weighted by molar-refractivity contribution is 0.654. The van der Waals surface area contributed by atoms with Gasteiger partial charge in [0.15, 0.2) is 0 Å². The van der Waals surface area contributed by atoms with Gasteiger partial charge in [0.05, 0.1) is 11.4 Å². The molecule has 1 aromatic rings. The SMILES string of the molecule is CC(C)C1=C2C/C=C\C3=C(N/C=C\C=C(\C=C1)C2)c1[nH]ccc1C3(C)C. The van der Waals surface area contributed by atoms with Gasteiger partial charge in [0.2, 0.25) is 0 Å². The molecule has 1 aliphatic heterocycles. The first-order valence-electron chi connectivity index (χ1n) is 9.60. The number of hydrogen-bond acceptors (Lipinski definition) is 1. The second kappa shape index (κ2) is 6.35. The van der Waals surface area contributed by atoms with Crippen molar-refractivity contribution in [2.24, 2.45) is 5.92 Å². The van der Waals surface area contributed by atoms with Gasteiger partial charge >= 0.3 is 0 Å². The van der Waals surface area contributed by atoms with Crippen LogP contribution in [0.25, 0.3) is 5.70 Å². The van der Waals surface area contributed by atoms with Crippen LogP contribution in [0.2, 0.25) is 0 Å². The zero-order valence-electron chi connectivity index (χ0n) is 16.2. The Hall–Kier alpha value is -2.48. The van der Waals surface area contributed by atoms with E-state index >= 15 is 0 Å². The molecule has 2 heteroatoms. The van der Waals surface area contributed by atoms with Crippen molar-refractivity contribution < 1.29 is 0 Å². The molecule has 1 aromatic heterocycles. The van der Waals surface area contributed by atoms with E-state index in [1.54, 1.807) is 5.57 Å². The van der Waals surface area contributed by atoms with Crippen molar-refractivity contribution in [3.63, 3.8) is 0 Å². The van der Waals surface area contributed by atoms with E-state index < -0.39 is 0 Å². The van der Waals surface area contributed by atoms with Crippen molar-refractivity contribution in [2.45, 2.75) is 46.0 Å². The Morgan fingerprint density at radius 3 is 2.77 bits per heavy atom. The highest BCUT2D eigenvalue weighted by atomic mass is 14.9. The minimum absolute atomic E-state index is 0.00878. The Morgan fingerprint density at radius 1 is 1.12 bits per heavy atom. The molecule has 0 unspecified atom stereocenters. The summed E-state index contributed by atoms with van der Waals surface area (Å²) in [7, 11) is 0. The van der Waals surface area contributed by atoms with E-state index in [0.29, 0.717) is 5.92 Å². The Morgan fingerprint density at radius 2 is 1.96 bits per heavy atom.